The summed E-state index contributed by atoms with van der Waals surface area (Å²) in [6.07, 6.45) is -2.73. The van der Waals surface area contributed by atoms with Crippen LogP contribution >= 0.6 is 0 Å². The normalized spacial score (nSPS) is 10.7. The Labute approximate surface area is 218 Å². The van der Waals surface area contributed by atoms with E-state index >= 15 is 0 Å². The number of halogens is 3. The fourth-order valence-corrected chi connectivity index (χ4v) is 3.20. The first-order valence-corrected chi connectivity index (χ1v) is 11.0. The average molecular weight is 535 g/mol. The van der Waals surface area contributed by atoms with Crippen LogP contribution in [0, 0.1) is 11.8 Å². The van der Waals surface area contributed by atoms with Crippen LogP contribution in [0.25, 0.3) is 10.9 Å². The number of carbonyl (C=O) groups is 3. The number of carbonyl (C=O) groups excluding carboxylic acids is 3. The van der Waals surface area contributed by atoms with Crippen molar-refractivity contribution in [2.45, 2.75) is 13.1 Å². The standard InChI is InChI=1S/C26H16F3N5O5/c1-2-5-22(35)33-15-7-10-19-18(12-15)24(32-14-31-19)38-16-8-9-17(20(13-16)39-25(37)26(27,28)29)23(36)34-21-6-3-4-11-30-21/h3-4,6-14H,1H3,(H,33,35)(H,30,34,36). The molecule has 0 saturated heterocycles. The highest BCUT2D eigenvalue weighted by atomic mass is 19.4. The molecule has 13 heteroatoms. The van der Waals surface area contributed by atoms with Crippen molar-refractivity contribution in [1.29, 1.82) is 0 Å². The molecule has 2 aromatic heterocycles. The Kier molecular flexibility index (Phi) is 7.67. The van der Waals surface area contributed by atoms with Crippen LogP contribution < -0.4 is 20.1 Å². The van der Waals surface area contributed by atoms with Crippen molar-refractivity contribution in [3.63, 3.8) is 0 Å². The number of pyridine rings is 1. The maximum atomic E-state index is 12.9. The third kappa shape index (κ3) is 6.63. The van der Waals surface area contributed by atoms with Crippen LogP contribution in [-0.2, 0) is 9.59 Å². The van der Waals surface area contributed by atoms with E-state index in [9.17, 15) is 27.6 Å². The summed E-state index contributed by atoms with van der Waals surface area (Å²) in [5, 5.41) is 5.32. The van der Waals surface area contributed by atoms with Crippen molar-refractivity contribution in [3.05, 3.63) is 72.7 Å². The van der Waals surface area contributed by atoms with Crippen molar-refractivity contribution in [2.24, 2.45) is 0 Å². The zero-order valence-electron chi connectivity index (χ0n) is 19.9. The SMILES string of the molecule is CC#CC(=O)Nc1ccc2ncnc(Oc3ccc(C(=O)Nc4ccccn4)c(OC(=O)C(F)(F)F)c3)c2c1. The number of fused-ring (bicyclic) bond motifs is 1. The molecule has 10 nitrogen and oxygen atoms in total. The molecule has 4 rings (SSSR count). The Bertz CT molecular complexity index is 1630. The minimum atomic E-state index is -5.32. The number of nitrogens with zero attached hydrogens (tertiary/aromatic N) is 3. The summed E-state index contributed by atoms with van der Waals surface area (Å²) in [5.41, 5.74) is 0.395. The maximum Gasteiger partial charge on any atom is 0.491 e. The van der Waals surface area contributed by atoms with E-state index in [2.05, 4.69) is 42.2 Å². The summed E-state index contributed by atoms with van der Waals surface area (Å²) in [4.78, 5) is 48.2. The van der Waals surface area contributed by atoms with E-state index in [-0.39, 0.29) is 23.0 Å². The van der Waals surface area contributed by atoms with E-state index in [1.54, 1.807) is 24.3 Å². The Hall–Kier alpha value is -5.51. The fraction of sp³-hybridized carbons (Fsp3) is 0.0769. The van der Waals surface area contributed by atoms with Gasteiger partial charge in [-0.05, 0) is 55.3 Å². The Morgan fingerprint density at radius 3 is 2.49 bits per heavy atom. The van der Waals surface area contributed by atoms with E-state index in [0.717, 1.165) is 12.1 Å². The van der Waals surface area contributed by atoms with Gasteiger partial charge in [0.25, 0.3) is 11.8 Å². The van der Waals surface area contributed by atoms with E-state index in [1.807, 2.05) is 0 Å². The number of alkyl halides is 3. The van der Waals surface area contributed by atoms with Crippen molar-refractivity contribution < 1.29 is 37.0 Å². The largest absolute Gasteiger partial charge is 0.491 e. The predicted molar refractivity (Wildman–Crippen MR) is 132 cm³/mol. The molecule has 2 aromatic carbocycles. The molecule has 39 heavy (non-hydrogen) atoms. The Balaban J connectivity index is 1.68. The van der Waals surface area contributed by atoms with Gasteiger partial charge < -0.3 is 20.1 Å². The lowest BCUT2D eigenvalue weighted by Gasteiger charge is -2.14. The van der Waals surface area contributed by atoms with Gasteiger partial charge in [0.2, 0.25) is 5.88 Å². The summed E-state index contributed by atoms with van der Waals surface area (Å²) in [6, 6.07) is 12.7. The molecule has 0 bridgehead atoms. The fourth-order valence-electron chi connectivity index (χ4n) is 3.20. The van der Waals surface area contributed by atoms with Crippen LogP contribution in [0.4, 0.5) is 24.7 Å². The number of aromatic nitrogens is 3. The lowest BCUT2D eigenvalue weighted by molar-refractivity contribution is -0.189. The van der Waals surface area contributed by atoms with Gasteiger partial charge in [0.1, 0.15) is 23.6 Å². The molecule has 0 unspecified atom stereocenters. The highest BCUT2D eigenvalue weighted by Crippen LogP contribution is 2.33. The van der Waals surface area contributed by atoms with E-state index in [4.69, 9.17) is 4.74 Å². The van der Waals surface area contributed by atoms with Gasteiger partial charge in [0.05, 0.1) is 16.5 Å². The summed E-state index contributed by atoms with van der Waals surface area (Å²) in [5.74, 6) is 0.113. The molecule has 2 heterocycles. The lowest BCUT2D eigenvalue weighted by Crippen LogP contribution is -2.29. The van der Waals surface area contributed by atoms with Gasteiger partial charge in [-0.15, -0.1) is 0 Å². The number of hydrogen-bond donors (Lipinski definition) is 2. The first-order valence-electron chi connectivity index (χ1n) is 11.0. The van der Waals surface area contributed by atoms with Gasteiger partial charge in [0, 0.05) is 18.0 Å². The van der Waals surface area contributed by atoms with Crippen molar-refractivity contribution in [2.75, 3.05) is 10.6 Å². The van der Waals surface area contributed by atoms with Gasteiger partial charge in [-0.25, -0.2) is 19.7 Å². The highest BCUT2D eigenvalue weighted by Gasteiger charge is 2.42. The van der Waals surface area contributed by atoms with Gasteiger partial charge in [-0.2, -0.15) is 13.2 Å². The van der Waals surface area contributed by atoms with Crippen molar-refractivity contribution in [1.82, 2.24) is 15.0 Å². The first-order chi connectivity index (χ1) is 18.6. The molecule has 0 radical (unpaired) electrons. The number of rotatable bonds is 6. The van der Waals surface area contributed by atoms with Crippen LogP contribution in [0.3, 0.4) is 0 Å². The molecular weight excluding hydrogens is 519 g/mol. The molecule has 0 aliphatic carbocycles. The van der Waals surface area contributed by atoms with Crippen LogP contribution in [0.5, 0.6) is 17.4 Å². The quantitative estimate of drug-likeness (QED) is 0.210. The van der Waals surface area contributed by atoms with Crippen LogP contribution in [0.2, 0.25) is 0 Å². The number of anilines is 2. The minimum absolute atomic E-state index is 0.0311. The minimum Gasteiger partial charge on any atom is -0.438 e. The monoisotopic (exact) mass is 535 g/mol. The molecule has 0 fully saturated rings. The molecule has 0 aliphatic rings. The second kappa shape index (κ2) is 11.3. The molecule has 196 valence electrons. The second-order valence-electron chi connectivity index (χ2n) is 7.56. The number of esters is 1. The molecule has 0 atom stereocenters. The highest BCUT2D eigenvalue weighted by molar-refractivity contribution is 6.06. The summed E-state index contributed by atoms with van der Waals surface area (Å²) < 4.78 is 49.1. The number of ether oxygens (including phenoxy) is 2. The number of amides is 2. The molecule has 0 aliphatic heterocycles. The third-order valence-electron chi connectivity index (χ3n) is 4.85. The summed E-state index contributed by atoms with van der Waals surface area (Å²) >= 11 is 0. The zero-order valence-corrected chi connectivity index (χ0v) is 19.9. The topological polar surface area (TPSA) is 132 Å². The first kappa shape index (κ1) is 26.6. The zero-order chi connectivity index (χ0) is 28.0. The molecule has 2 N–H and O–H groups in total. The van der Waals surface area contributed by atoms with Crippen LogP contribution in [-0.4, -0.2) is 38.9 Å². The molecule has 0 saturated carbocycles. The molecular formula is C26H16F3N5O5. The molecule has 4 aromatic rings. The lowest BCUT2D eigenvalue weighted by atomic mass is 10.1. The van der Waals surface area contributed by atoms with Crippen molar-refractivity contribution in [3.8, 4) is 29.2 Å². The van der Waals surface area contributed by atoms with Gasteiger partial charge in [-0.1, -0.05) is 12.0 Å². The number of benzene rings is 2. The summed E-state index contributed by atoms with van der Waals surface area (Å²) in [6.45, 7) is 1.51. The number of nitrogens with one attached hydrogen (secondary N) is 2. The second-order valence-corrected chi connectivity index (χ2v) is 7.56. The van der Waals surface area contributed by atoms with Crippen LogP contribution in [0.15, 0.2) is 67.1 Å². The average Bonchev–Trinajstić information content (AvgIpc) is 2.89. The van der Waals surface area contributed by atoms with Gasteiger partial charge >= 0.3 is 12.1 Å². The maximum absolute atomic E-state index is 12.9. The third-order valence-corrected chi connectivity index (χ3v) is 4.85. The van der Waals surface area contributed by atoms with Gasteiger partial charge in [-0.3, -0.25) is 9.59 Å². The summed E-state index contributed by atoms with van der Waals surface area (Å²) in [7, 11) is 0. The molecule has 2 amide bonds. The van der Waals surface area contributed by atoms with E-state index in [1.165, 1.54) is 37.6 Å². The Morgan fingerprint density at radius 1 is 0.949 bits per heavy atom. The Morgan fingerprint density at radius 2 is 1.77 bits per heavy atom. The predicted octanol–water partition coefficient (Wildman–Crippen LogP) is 4.50. The van der Waals surface area contributed by atoms with Crippen molar-refractivity contribution >= 4 is 40.2 Å². The van der Waals surface area contributed by atoms with Gasteiger partial charge in [0.15, 0.2) is 0 Å². The number of hydrogen-bond acceptors (Lipinski definition) is 8. The van der Waals surface area contributed by atoms with Crippen LogP contribution in [0.1, 0.15) is 17.3 Å². The van der Waals surface area contributed by atoms with E-state index in [0.29, 0.717) is 16.6 Å². The molecule has 0 spiro atoms. The smallest absolute Gasteiger partial charge is 0.438 e. The van der Waals surface area contributed by atoms with E-state index < -0.39 is 29.7 Å².